The van der Waals surface area contributed by atoms with Gasteiger partial charge in [-0.2, -0.15) is 0 Å². The fraction of sp³-hybridized carbons (Fsp3) is 0.500. The lowest BCUT2D eigenvalue weighted by atomic mass is 9.78. The number of rotatable bonds is 4. The first kappa shape index (κ1) is 15.6. The van der Waals surface area contributed by atoms with Crippen LogP contribution in [0.15, 0.2) is 18.2 Å². The number of anilines is 1. The van der Waals surface area contributed by atoms with Crippen molar-refractivity contribution in [1.29, 1.82) is 0 Å². The number of carbonyl (C=O) groups excluding carboxylic acids is 1. The Labute approximate surface area is 128 Å². The molecule has 0 atom stereocenters. The third-order valence-electron chi connectivity index (χ3n) is 3.64. The van der Waals surface area contributed by atoms with E-state index in [9.17, 15) is 4.79 Å². The van der Waals surface area contributed by atoms with Gasteiger partial charge in [-0.25, -0.2) is 0 Å². The van der Waals surface area contributed by atoms with Crippen LogP contribution in [0, 0.1) is 5.41 Å². The molecule has 1 fully saturated rings. The molecule has 1 aliphatic rings. The van der Waals surface area contributed by atoms with Gasteiger partial charge < -0.3 is 15.4 Å². The first-order valence-electron chi connectivity index (χ1n) is 6.53. The molecule has 0 saturated carbocycles. The average Bonchev–Trinajstić information content (AvgIpc) is 2.44. The zero-order chi connectivity index (χ0) is 14.6. The molecule has 6 heteroatoms. The highest BCUT2D eigenvalue weighted by Gasteiger charge is 2.39. The molecule has 0 radical (unpaired) electrons. The zero-order valence-corrected chi connectivity index (χ0v) is 12.9. The van der Waals surface area contributed by atoms with E-state index in [1.165, 1.54) is 0 Å². The number of halogens is 2. The fourth-order valence-electron chi connectivity index (χ4n) is 2.47. The Hall–Kier alpha value is -0.810. The SMILES string of the molecule is COCC1(C(=O)Nc2cc(Cl)ccc2Cl)CCNCC1. The van der Waals surface area contributed by atoms with E-state index in [2.05, 4.69) is 10.6 Å². The highest BCUT2D eigenvalue weighted by atomic mass is 35.5. The number of piperidine rings is 1. The lowest BCUT2D eigenvalue weighted by Gasteiger charge is -2.35. The molecule has 4 nitrogen and oxygen atoms in total. The van der Waals surface area contributed by atoms with Gasteiger partial charge in [0.2, 0.25) is 5.91 Å². The minimum Gasteiger partial charge on any atom is -0.384 e. The van der Waals surface area contributed by atoms with Crippen LogP contribution in [0.2, 0.25) is 10.0 Å². The highest BCUT2D eigenvalue weighted by molar-refractivity contribution is 6.35. The third-order valence-corrected chi connectivity index (χ3v) is 4.20. The molecule has 2 N–H and O–H groups in total. The topological polar surface area (TPSA) is 50.4 Å². The Morgan fingerprint density at radius 1 is 1.40 bits per heavy atom. The van der Waals surface area contributed by atoms with Crippen molar-refractivity contribution in [1.82, 2.24) is 5.32 Å². The summed E-state index contributed by atoms with van der Waals surface area (Å²) >= 11 is 12.0. The smallest absolute Gasteiger partial charge is 0.233 e. The second-order valence-corrected chi connectivity index (χ2v) is 5.89. The number of nitrogens with one attached hydrogen (secondary N) is 2. The maximum absolute atomic E-state index is 12.6. The van der Waals surface area contributed by atoms with Crippen molar-refractivity contribution < 1.29 is 9.53 Å². The standard InChI is InChI=1S/C14H18Cl2N2O2/c1-20-9-14(4-6-17-7-5-14)13(19)18-12-8-10(15)2-3-11(12)16/h2-3,8,17H,4-7,9H2,1H3,(H,18,19). The molecule has 20 heavy (non-hydrogen) atoms. The summed E-state index contributed by atoms with van der Waals surface area (Å²) < 4.78 is 5.25. The highest BCUT2D eigenvalue weighted by Crippen LogP contribution is 2.33. The summed E-state index contributed by atoms with van der Waals surface area (Å²) in [5, 5.41) is 7.15. The number of carbonyl (C=O) groups is 1. The summed E-state index contributed by atoms with van der Waals surface area (Å²) in [5.74, 6) is -0.0648. The molecule has 2 rings (SSSR count). The van der Waals surface area contributed by atoms with Gasteiger partial charge in [0.05, 0.1) is 22.7 Å². The maximum Gasteiger partial charge on any atom is 0.233 e. The van der Waals surface area contributed by atoms with Crippen LogP contribution in [0.4, 0.5) is 5.69 Å². The minimum absolute atomic E-state index is 0.0648. The molecule has 1 aliphatic heterocycles. The Balaban J connectivity index is 2.18. The zero-order valence-electron chi connectivity index (χ0n) is 11.3. The normalized spacial score (nSPS) is 17.8. The van der Waals surface area contributed by atoms with Crippen molar-refractivity contribution in [2.24, 2.45) is 5.41 Å². The summed E-state index contributed by atoms with van der Waals surface area (Å²) in [4.78, 5) is 12.6. The van der Waals surface area contributed by atoms with Crippen molar-refractivity contribution >= 4 is 34.8 Å². The molecule has 0 unspecified atom stereocenters. The van der Waals surface area contributed by atoms with Crippen molar-refractivity contribution in [2.75, 3.05) is 32.1 Å². The Morgan fingerprint density at radius 3 is 2.75 bits per heavy atom. The Bertz CT molecular complexity index is 483. The summed E-state index contributed by atoms with van der Waals surface area (Å²) in [6.07, 6.45) is 1.48. The van der Waals surface area contributed by atoms with E-state index in [1.807, 2.05) is 0 Å². The van der Waals surface area contributed by atoms with Gasteiger partial charge >= 0.3 is 0 Å². The van der Waals surface area contributed by atoms with Crippen LogP contribution in [0.1, 0.15) is 12.8 Å². The molecule has 1 heterocycles. The number of amides is 1. The van der Waals surface area contributed by atoms with Crippen LogP contribution in [0.5, 0.6) is 0 Å². The van der Waals surface area contributed by atoms with Crippen molar-refractivity contribution in [3.8, 4) is 0 Å². The van der Waals surface area contributed by atoms with Gasteiger partial charge in [0, 0.05) is 12.1 Å². The van der Waals surface area contributed by atoms with Crippen LogP contribution in [0.25, 0.3) is 0 Å². The monoisotopic (exact) mass is 316 g/mol. The number of benzene rings is 1. The van der Waals surface area contributed by atoms with Gasteiger partial charge in [-0.1, -0.05) is 23.2 Å². The second kappa shape index (κ2) is 6.76. The molecule has 0 bridgehead atoms. The largest absolute Gasteiger partial charge is 0.384 e. The minimum atomic E-state index is -0.508. The van der Waals surface area contributed by atoms with Gasteiger partial charge in [0.15, 0.2) is 0 Å². The summed E-state index contributed by atoms with van der Waals surface area (Å²) in [5.41, 5.74) is 0.0317. The summed E-state index contributed by atoms with van der Waals surface area (Å²) in [6, 6.07) is 5.02. The van der Waals surface area contributed by atoms with E-state index in [0.717, 1.165) is 25.9 Å². The summed E-state index contributed by atoms with van der Waals surface area (Å²) in [7, 11) is 1.61. The first-order chi connectivity index (χ1) is 9.57. The van der Waals surface area contributed by atoms with Gasteiger partial charge in [0.25, 0.3) is 0 Å². The van der Waals surface area contributed by atoms with Crippen molar-refractivity contribution in [3.63, 3.8) is 0 Å². The molecule has 0 spiro atoms. The molecule has 0 aromatic heterocycles. The molecule has 1 saturated heterocycles. The first-order valence-corrected chi connectivity index (χ1v) is 7.29. The number of hydrogen-bond donors (Lipinski definition) is 2. The lowest BCUT2D eigenvalue weighted by Crippen LogP contribution is -2.47. The van der Waals surface area contributed by atoms with Crippen LogP contribution >= 0.6 is 23.2 Å². The van der Waals surface area contributed by atoms with Crippen molar-refractivity contribution in [3.05, 3.63) is 28.2 Å². The molecular formula is C14H18Cl2N2O2. The molecule has 1 aromatic carbocycles. The lowest BCUT2D eigenvalue weighted by molar-refractivity contribution is -0.130. The number of hydrogen-bond acceptors (Lipinski definition) is 3. The Kier molecular flexibility index (Phi) is 5.27. The molecule has 1 aromatic rings. The van der Waals surface area contributed by atoms with Crippen molar-refractivity contribution in [2.45, 2.75) is 12.8 Å². The predicted octanol–water partition coefficient (Wildman–Crippen LogP) is 2.95. The van der Waals surface area contributed by atoms with E-state index >= 15 is 0 Å². The van der Waals surface area contributed by atoms with Gasteiger partial charge in [-0.05, 0) is 44.1 Å². The third kappa shape index (κ3) is 3.44. The van der Waals surface area contributed by atoms with Crippen LogP contribution in [0.3, 0.4) is 0 Å². The molecule has 1 amide bonds. The molecule has 0 aliphatic carbocycles. The van der Waals surface area contributed by atoms with Crippen LogP contribution in [-0.2, 0) is 9.53 Å². The van der Waals surface area contributed by atoms with Crippen LogP contribution < -0.4 is 10.6 Å². The van der Waals surface area contributed by atoms with E-state index in [1.54, 1.807) is 25.3 Å². The predicted molar refractivity (Wildman–Crippen MR) is 81.5 cm³/mol. The van der Waals surface area contributed by atoms with E-state index in [4.69, 9.17) is 27.9 Å². The number of ether oxygens (including phenoxy) is 1. The van der Waals surface area contributed by atoms with E-state index in [-0.39, 0.29) is 5.91 Å². The second-order valence-electron chi connectivity index (χ2n) is 5.04. The van der Waals surface area contributed by atoms with E-state index in [0.29, 0.717) is 22.3 Å². The van der Waals surface area contributed by atoms with Gasteiger partial charge in [0.1, 0.15) is 0 Å². The quantitative estimate of drug-likeness (QED) is 0.898. The van der Waals surface area contributed by atoms with Gasteiger partial charge in [-0.15, -0.1) is 0 Å². The number of methoxy groups -OCH3 is 1. The molecule has 110 valence electrons. The van der Waals surface area contributed by atoms with E-state index < -0.39 is 5.41 Å². The maximum atomic E-state index is 12.6. The Morgan fingerprint density at radius 2 is 2.10 bits per heavy atom. The van der Waals surface area contributed by atoms with Gasteiger partial charge in [-0.3, -0.25) is 4.79 Å². The van der Waals surface area contributed by atoms with Crippen LogP contribution in [-0.4, -0.2) is 32.7 Å². The average molecular weight is 317 g/mol. The summed E-state index contributed by atoms with van der Waals surface area (Å²) in [6.45, 7) is 2.01. The fourth-order valence-corrected chi connectivity index (χ4v) is 2.80. The molecular weight excluding hydrogens is 299 g/mol.